The Labute approximate surface area is 207 Å². The van der Waals surface area contributed by atoms with Gasteiger partial charge < -0.3 is 14.8 Å². The summed E-state index contributed by atoms with van der Waals surface area (Å²) in [7, 11) is 0. The zero-order valence-electron chi connectivity index (χ0n) is 16.7. The monoisotopic (exact) mass is 579 g/mol. The Morgan fingerprint density at radius 2 is 1.91 bits per heavy atom. The standard InChI is InChI=1S/C23H16Cl2IN3O3/c1-12-21-17(13(11-30)10-27-12)9-18(22(31)28-16-6-7-19(24)20(25)8-16)23(32-21)29-15-4-2-14(26)3-5-15/h2-10,30H,11H2,1H3,(H,28,31). The zero-order chi connectivity index (χ0) is 22.8. The number of pyridine rings is 1. The van der Waals surface area contributed by atoms with Crippen molar-refractivity contribution in [3.8, 4) is 0 Å². The summed E-state index contributed by atoms with van der Waals surface area (Å²) in [5, 5.41) is 13.8. The Balaban J connectivity index is 1.90. The van der Waals surface area contributed by atoms with Gasteiger partial charge in [-0.25, -0.2) is 4.99 Å². The van der Waals surface area contributed by atoms with Gasteiger partial charge in [-0.3, -0.25) is 9.78 Å². The van der Waals surface area contributed by atoms with E-state index in [0.717, 1.165) is 3.57 Å². The molecular weight excluding hydrogens is 564 g/mol. The van der Waals surface area contributed by atoms with Gasteiger partial charge in [0.25, 0.3) is 5.91 Å². The lowest BCUT2D eigenvalue weighted by Gasteiger charge is -2.10. The molecule has 6 nitrogen and oxygen atoms in total. The van der Waals surface area contributed by atoms with Gasteiger partial charge in [0.05, 0.1) is 28.0 Å². The van der Waals surface area contributed by atoms with E-state index in [4.69, 9.17) is 27.6 Å². The van der Waals surface area contributed by atoms with Gasteiger partial charge in [0.15, 0.2) is 5.58 Å². The molecule has 2 aromatic carbocycles. The van der Waals surface area contributed by atoms with E-state index in [9.17, 15) is 9.90 Å². The minimum atomic E-state index is -0.448. The number of aliphatic hydroxyl groups is 1. The molecule has 4 rings (SSSR count). The van der Waals surface area contributed by atoms with Gasteiger partial charge >= 0.3 is 0 Å². The van der Waals surface area contributed by atoms with Crippen LogP contribution < -0.4 is 10.9 Å². The first kappa shape index (κ1) is 22.7. The third-order valence-corrected chi connectivity index (χ3v) is 6.16. The van der Waals surface area contributed by atoms with Crippen LogP contribution in [0, 0.1) is 10.5 Å². The maximum absolute atomic E-state index is 13.2. The van der Waals surface area contributed by atoms with E-state index in [1.165, 1.54) is 0 Å². The second-order valence-corrected chi connectivity index (χ2v) is 8.97. The number of amides is 1. The van der Waals surface area contributed by atoms with Gasteiger partial charge in [-0.1, -0.05) is 23.2 Å². The van der Waals surface area contributed by atoms with Crippen LogP contribution in [-0.4, -0.2) is 16.0 Å². The first-order chi connectivity index (χ1) is 15.4. The van der Waals surface area contributed by atoms with Gasteiger partial charge in [0, 0.05) is 26.4 Å². The first-order valence-corrected chi connectivity index (χ1v) is 11.3. The van der Waals surface area contributed by atoms with E-state index < -0.39 is 5.91 Å². The van der Waals surface area contributed by atoms with Gasteiger partial charge in [0.2, 0.25) is 5.55 Å². The topological polar surface area (TPSA) is 87.7 Å². The number of carbonyl (C=O) groups is 1. The number of hydrogen-bond donors (Lipinski definition) is 2. The van der Waals surface area contributed by atoms with E-state index in [-0.39, 0.29) is 17.7 Å². The molecule has 0 radical (unpaired) electrons. The molecule has 0 aliphatic heterocycles. The molecule has 0 spiro atoms. The SMILES string of the molecule is Cc1ncc(CO)c2cc(C(=O)Nc3ccc(Cl)c(Cl)c3)c(=Nc3ccc(I)cc3)oc12. The highest BCUT2D eigenvalue weighted by Gasteiger charge is 2.17. The third kappa shape index (κ3) is 4.80. The van der Waals surface area contributed by atoms with Crippen molar-refractivity contribution in [3.05, 3.63) is 90.7 Å². The van der Waals surface area contributed by atoms with Crippen LogP contribution in [0.25, 0.3) is 11.0 Å². The Morgan fingerprint density at radius 1 is 1.16 bits per heavy atom. The zero-order valence-corrected chi connectivity index (χ0v) is 20.4. The van der Waals surface area contributed by atoms with Crippen LogP contribution in [0.3, 0.4) is 0 Å². The number of aryl methyl sites for hydroxylation is 1. The van der Waals surface area contributed by atoms with Crippen molar-refractivity contribution < 1.29 is 14.3 Å². The van der Waals surface area contributed by atoms with E-state index in [1.807, 2.05) is 24.3 Å². The van der Waals surface area contributed by atoms with Crippen molar-refractivity contribution in [2.24, 2.45) is 4.99 Å². The highest BCUT2D eigenvalue weighted by Crippen LogP contribution is 2.26. The van der Waals surface area contributed by atoms with E-state index in [0.29, 0.717) is 43.6 Å². The molecule has 0 unspecified atom stereocenters. The molecule has 0 bridgehead atoms. The molecule has 2 N–H and O–H groups in total. The van der Waals surface area contributed by atoms with Crippen molar-refractivity contribution in [3.63, 3.8) is 0 Å². The van der Waals surface area contributed by atoms with Crippen molar-refractivity contribution in [1.82, 2.24) is 4.98 Å². The smallest absolute Gasteiger partial charge is 0.261 e. The maximum atomic E-state index is 13.2. The fraction of sp³-hybridized carbons (Fsp3) is 0.0870. The second-order valence-electron chi connectivity index (χ2n) is 6.91. The molecule has 0 saturated carbocycles. The lowest BCUT2D eigenvalue weighted by molar-refractivity contribution is 0.102. The number of benzene rings is 2. The predicted octanol–water partition coefficient (Wildman–Crippen LogP) is 6.02. The van der Waals surface area contributed by atoms with Crippen molar-refractivity contribution >= 4 is 74.0 Å². The minimum absolute atomic E-state index is 0.122. The van der Waals surface area contributed by atoms with Crippen molar-refractivity contribution in [2.45, 2.75) is 13.5 Å². The molecule has 0 atom stereocenters. The second kappa shape index (κ2) is 9.58. The summed E-state index contributed by atoms with van der Waals surface area (Å²) in [6.45, 7) is 1.54. The summed E-state index contributed by atoms with van der Waals surface area (Å²) in [4.78, 5) is 22.0. The first-order valence-electron chi connectivity index (χ1n) is 9.45. The number of anilines is 1. The quantitative estimate of drug-likeness (QED) is 0.289. The number of aliphatic hydroxyl groups excluding tert-OH is 1. The molecule has 162 valence electrons. The molecule has 0 fully saturated rings. The van der Waals surface area contributed by atoms with Crippen LogP contribution >= 0.6 is 45.8 Å². The summed E-state index contributed by atoms with van der Waals surface area (Å²) in [6.07, 6.45) is 1.56. The number of halogens is 3. The fourth-order valence-electron chi connectivity index (χ4n) is 3.07. The molecule has 0 saturated heterocycles. The lowest BCUT2D eigenvalue weighted by atomic mass is 10.1. The third-order valence-electron chi connectivity index (χ3n) is 4.70. The van der Waals surface area contributed by atoms with Crippen LogP contribution in [0.5, 0.6) is 0 Å². The molecule has 1 amide bonds. The number of nitrogens with zero attached hydrogens (tertiary/aromatic N) is 2. The summed E-state index contributed by atoms with van der Waals surface area (Å²) in [6, 6.07) is 13.9. The van der Waals surface area contributed by atoms with Crippen LogP contribution in [0.4, 0.5) is 11.4 Å². The average Bonchev–Trinajstić information content (AvgIpc) is 2.78. The summed E-state index contributed by atoms with van der Waals surface area (Å²) in [5.74, 6) is -0.448. The summed E-state index contributed by atoms with van der Waals surface area (Å²) < 4.78 is 7.11. The van der Waals surface area contributed by atoms with E-state index in [2.05, 4.69) is 37.9 Å². The van der Waals surface area contributed by atoms with Gasteiger partial charge in [0.1, 0.15) is 5.56 Å². The van der Waals surface area contributed by atoms with Crippen LogP contribution in [0.1, 0.15) is 21.6 Å². The molecule has 9 heteroatoms. The highest BCUT2D eigenvalue weighted by molar-refractivity contribution is 14.1. The normalized spacial score (nSPS) is 11.7. The van der Waals surface area contributed by atoms with Gasteiger partial charge in [-0.2, -0.15) is 0 Å². The number of fused-ring (bicyclic) bond motifs is 1. The Bertz CT molecular complexity index is 1400. The molecule has 2 aromatic heterocycles. The number of nitrogens with one attached hydrogen (secondary N) is 1. The summed E-state index contributed by atoms with van der Waals surface area (Å²) in [5.41, 5.74) is 3.02. The van der Waals surface area contributed by atoms with Crippen molar-refractivity contribution in [1.29, 1.82) is 0 Å². The number of aromatic nitrogens is 1. The highest BCUT2D eigenvalue weighted by atomic mass is 127. The largest absolute Gasteiger partial charge is 0.436 e. The predicted molar refractivity (Wildman–Crippen MR) is 133 cm³/mol. The van der Waals surface area contributed by atoms with E-state index >= 15 is 0 Å². The number of carbonyl (C=O) groups excluding carboxylic acids is 1. The van der Waals surface area contributed by atoms with Gasteiger partial charge in [-0.15, -0.1) is 0 Å². The summed E-state index contributed by atoms with van der Waals surface area (Å²) >= 11 is 14.2. The molecular formula is C23H16Cl2IN3O3. The number of hydrogen-bond acceptors (Lipinski definition) is 5. The van der Waals surface area contributed by atoms with Crippen LogP contribution in [0.2, 0.25) is 10.0 Å². The maximum Gasteiger partial charge on any atom is 0.261 e. The Hall–Kier alpha value is -2.46. The van der Waals surface area contributed by atoms with Crippen LogP contribution in [0.15, 0.2) is 64.1 Å². The molecule has 0 aliphatic carbocycles. The lowest BCUT2D eigenvalue weighted by Crippen LogP contribution is -2.22. The van der Waals surface area contributed by atoms with Gasteiger partial charge in [-0.05, 0) is 78.0 Å². The van der Waals surface area contributed by atoms with Crippen LogP contribution in [-0.2, 0) is 6.61 Å². The minimum Gasteiger partial charge on any atom is -0.436 e. The Morgan fingerprint density at radius 3 is 2.59 bits per heavy atom. The molecule has 4 aromatic rings. The molecule has 2 heterocycles. The number of rotatable bonds is 4. The fourth-order valence-corrected chi connectivity index (χ4v) is 3.72. The average molecular weight is 580 g/mol. The Kier molecular flexibility index (Phi) is 6.80. The molecule has 32 heavy (non-hydrogen) atoms. The van der Waals surface area contributed by atoms with Crippen molar-refractivity contribution in [2.75, 3.05) is 5.32 Å². The van der Waals surface area contributed by atoms with E-state index in [1.54, 1.807) is 37.4 Å². The molecule has 0 aliphatic rings.